The van der Waals surface area contributed by atoms with Crippen molar-refractivity contribution in [2.45, 2.75) is 31.6 Å². The van der Waals surface area contributed by atoms with Crippen molar-refractivity contribution in [3.05, 3.63) is 30.4 Å². The smallest absolute Gasteiger partial charge is 0.307 e. The van der Waals surface area contributed by atoms with Crippen LogP contribution in [0.4, 0.5) is 5.69 Å². The summed E-state index contributed by atoms with van der Waals surface area (Å²) in [5.41, 5.74) is 0.536. The number of carboxylic acids is 1. The molecule has 2 unspecified atom stereocenters. The summed E-state index contributed by atoms with van der Waals surface area (Å²) in [6.45, 7) is 0. The van der Waals surface area contributed by atoms with Crippen LogP contribution in [-0.2, 0) is 9.59 Å². The van der Waals surface area contributed by atoms with Crippen molar-refractivity contribution in [3.63, 3.8) is 0 Å². The van der Waals surface area contributed by atoms with Gasteiger partial charge in [-0.25, -0.2) is 9.97 Å². The maximum absolute atomic E-state index is 12.6. The van der Waals surface area contributed by atoms with Crippen LogP contribution in [0, 0.1) is 23.7 Å². The second-order valence-electron chi connectivity index (χ2n) is 6.77. The number of carbonyl (C=O) groups is 2. The molecule has 0 spiro atoms. The summed E-state index contributed by atoms with van der Waals surface area (Å²) in [6, 6.07) is 0. The van der Waals surface area contributed by atoms with Crippen LogP contribution in [0.1, 0.15) is 37.4 Å². The number of anilines is 1. The van der Waals surface area contributed by atoms with Crippen molar-refractivity contribution in [3.8, 4) is 0 Å². The van der Waals surface area contributed by atoms with Gasteiger partial charge in [0.2, 0.25) is 5.91 Å². The van der Waals surface area contributed by atoms with Crippen LogP contribution in [0.5, 0.6) is 0 Å². The summed E-state index contributed by atoms with van der Waals surface area (Å²) in [6.07, 6.45) is 11.2. The van der Waals surface area contributed by atoms with Crippen molar-refractivity contribution in [2.75, 3.05) is 5.32 Å². The highest BCUT2D eigenvalue weighted by Crippen LogP contribution is 2.45. The van der Waals surface area contributed by atoms with Crippen LogP contribution in [-0.4, -0.2) is 27.0 Å². The van der Waals surface area contributed by atoms with Gasteiger partial charge in [0.15, 0.2) is 0 Å². The van der Waals surface area contributed by atoms with Gasteiger partial charge in [-0.3, -0.25) is 9.59 Å². The monoisotopic (exact) mass is 313 g/mol. The Labute approximate surface area is 134 Å². The molecular formula is C17H19N3O3. The Morgan fingerprint density at radius 3 is 2.13 bits per heavy atom. The second kappa shape index (κ2) is 5.44. The van der Waals surface area contributed by atoms with E-state index < -0.39 is 17.8 Å². The Kier molecular flexibility index (Phi) is 3.39. The third-order valence-electron chi connectivity index (χ3n) is 5.22. The second-order valence-corrected chi connectivity index (χ2v) is 6.77. The van der Waals surface area contributed by atoms with Crippen LogP contribution < -0.4 is 5.32 Å². The average Bonchev–Trinajstić information content (AvgIpc) is 3.40. The quantitative estimate of drug-likeness (QED) is 0.831. The molecule has 1 aromatic heterocycles. The third-order valence-corrected chi connectivity index (χ3v) is 5.22. The number of amides is 1. The Morgan fingerprint density at radius 2 is 1.61 bits per heavy atom. The molecule has 6 heteroatoms. The minimum absolute atomic E-state index is 0.00718. The topological polar surface area (TPSA) is 92.2 Å². The largest absolute Gasteiger partial charge is 0.481 e. The maximum Gasteiger partial charge on any atom is 0.307 e. The molecule has 0 radical (unpaired) electrons. The molecule has 2 N–H and O–H groups in total. The Morgan fingerprint density at radius 1 is 1.00 bits per heavy atom. The van der Waals surface area contributed by atoms with Crippen LogP contribution in [0.25, 0.3) is 0 Å². The average molecular weight is 313 g/mol. The van der Waals surface area contributed by atoms with E-state index in [1.54, 1.807) is 12.4 Å². The van der Waals surface area contributed by atoms with Gasteiger partial charge >= 0.3 is 5.97 Å². The van der Waals surface area contributed by atoms with E-state index in [4.69, 9.17) is 0 Å². The number of carboxylic acid groups (broad SMARTS) is 1. The molecule has 23 heavy (non-hydrogen) atoms. The van der Waals surface area contributed by atoms with Gasteiger partial charge in [-0.15, -0.1) is 0 Å². The molecule has 0 saturated heterocycles. The standard InChI is InChI=1S/C17H19N3O3/c21-16(20-12-7-18-15(19-8-12)11-5-6-11)13-9-1-3-10(4-2-9)14(13)17(22)23/h1,3,7-11,13-14H,2,4-6H2,(H,20,21)(H,22,23)/t9?,10?,13-,14+/m1/s1. The molecule has 4 aliphatic rings. The number of rotatable bonds is 4. The molecule has 120 valence electrons. The first-order chi connectivity index (χ1) is 11.1. The van der Waals surface area contributed by atoms with Crippen LogP contribution in [0.2, 0.25) is 0 Å². The lowest BCUT2D eigenvalue weighted by molar-refractivity contribution is -0.151. The first-order valence-electron chi connectivity index (χ1n) is 8.17. The molecule has 2 saturated carbocycles. The van der Waals surface area contributed by atoms with E-state index in [2.05, 4.69) is 15.3 Å². The fourth-order valence-electron chi connectivity index (χ4n) is 3.87. The molecule has 0 aliphatic heterocycles. The molecule has 2 bridgehead atoms. The number of nitrogens with zero attached hydrogens (tertiary/aromatic N) is 2. The van der Waals surface area contributed by atoms with Gasteiger partial charge in [-0.05, 0) is 37.5 Å². The van der Waals surface area contributed by atoms with Gasteiger partial charge in [0.25, 0.3) is 0 Å². The van der Waals surface area contributed by atoms with Crippen molar-refractivity contribution in [1.82, 2.24) is 9.97 Å². The summed E-state index contributed by atoms with van der Waals surface area (Å²) in [4.78, 5) is 32.8. The van der Waals surface area contributed by atoms with Gasteiger partial charge in [0, 0.05) is 5.92 Å². The number of aromatic nitrogens is 2. The SMILES string of the molecule is O=C(Nc1cnc(C2CC2)nc1)[C@@H]1C2C=CC(CC2)[C@@H]1C(=O)O. The summed E-state index contributed by atoms with van der Waals surface area (Å²) < 4.78 is 0. The molecule has 1 amide bonds. The van der Waals surface area contributed by atoms with E-state index in [-0.39, 0.29) is 17.7 Å². The first-order valence-corrected chi connectivity index (χ1v) is 8.17. The van der Waals surface area contributed by atoms with E-state index in [1.165, 1.54) is 0 Å². The predicted molar refractivity (Wildman–Crippen MR) is 82.6 cm³/mol. The molecule has 4 atom stereocenters. The van der Waals surface area contributed by atoms with Crippen molar-refractivity contribution in [1.29, 1.82) is 0 Å². The summed E-state index contributed by atoms with van der Waals surface area (Å²) in [5.74, 6) is -1.01. The Hall–Kier alpha value is -2.24. The van der Waals surface area contributed by atoms with Crippen LogP contribution >= 0.6 is 0 Å². The Bertz CT molecular complexity index is 666. The normalized spacial score (nSPS) is 31.8. The highest BCUT2D eigenvalue weighted by molar-refractivity contribution is 5.95. The molecule has 1 heterocycles. The van der Waals surface area contributed by atoms with Crippen LogP contribution in [0.15, 0.2) is 24.5 Å². The number of hydrogen-bond donors (Lipinski definition) is 2. The summed E-state index contributed by atoms with van der Waals surface area (Å²) in [7, 11) is 0. The zero-order chi connectivity index (χ0) is 16.0. The first kappa shape index (κ1) is 14.4. The summed E-state index contributed by atoms with van der Waals surface area (Å²) in [5, 5.41) is 12.3. The van der Waals surface area contributed by atoms with E-state index in [9.17, 15) is 14.7 Å². The van der Waals surface area contributed by atoms with Crippen molar-refractivity contribution < 1.29 is 14.7 Å². The zero-order valence-electron chi connectivity index (χ0n) is 12.7. The van der Waals surface area contributed by atoms with Crippen LogP contribution in [0.3, 0.4) is 0 Å². The lowest BCUT2D eigenvalue weighted by atomic mass is 9.62. The predicted octanol–water partition coefficient (Wildman–Crippen LogP) is 2.21. The number of fused-ring (bicyclic) bond motifs is 2. The van der Waals surface area contributed by atoms with Gasteiger partial charge < -0.3 is 10.4 Å². The minimum Gasteiger partial charge on any atom is -0.481 e. The number of carbonyl (C=O) groups excluding carboxylic acids is 1. The summed E-state index contributed by atoms with van der Waals surface area (Å²) >= 11 is 0. The molecule has 5 rings (SSSR count). The molecular weight excluding hydrogens is 294 g/mol. The molecule has 1 aromatic rings. The molecule has 2 fully saturated rings. The van der Waals surface area contributed by atoms with Crippen molar-refractivity contribution >= 4 is 17.6 Å². The van der Waals surface area contributed by atoms with Gasteiger partial charge in [0.1, 0.15) is 5.82 Å². The van der Waals surface area contributed by atoms with Gasteiger partial charge in [-0.2, -0.15) is 0 Å². The van der Waals surface area contributed by atoms with E-state index in [0.717, 1.165) is 31.5 Å². The molecule has 6 nitrogen and oxygen atoms in total. The molecule has 0 aromatic carbocycles. The fourth-order valence-corrected chi connectivity index (χ4v) is 3.87. The number of allylic oxidation sites excluding steroid dienone is 2. The maximum atomic E-state index is 12.6. The van der Waals surface area contributed by atoms with Crippen molar-refractivity contribution in [2.24, 2.45) is 23.7 Å². The number of nitrogens with one attached hydrogen (secondary N) is 1. The highest BCUT2D eigenvalue weighted by Gasteiger charge is 2.48. The highest BCUT2D eigenvalue weighted by atomic mass is 16.4. The van der Waals surface area contributed by atoms with Gasteiger partial charge in [-0.1, -0.05) is 12.2 Å². The van der Waals surface area contributed by atoms with E-state index in [1.807, 2.05) is 12.2 Å². The number of aliphatic carboxylic acids is 1. The lowest BCUT2D eigenvalue weighted by Gasteiger charge is -2.41. The number of hydrogen-bond acceptors (Lipinski definition) is 4. The third kappa shape index (κ3) is 2.62. The van der Waals surface area contributed by atoms with E-state index >= 15 is 0 Å². The molecule has 4 aliphatic carbocycles. The zero-order valence-corrected chi connectivity index (χ0v) is 12.7. The van der Waals surface area contributed by atoms with Gasteiger partial charge in [0.05, 0.1) is 29.9 Å². The Balaban J connectivity index is 1.51. The lowest BCUT2D eigenvalue weighted by Crippen LogP contribution is -2.47. The van der Waals surface area contributed by atoms with E-state index in [0.29, 0.717) is 11.6 Å². The fraction of sp³-hybridized carbons (Fsp3) is 0.529. The minimum atomic E-state index is -0.885.